The fraction of sp³-hybridized carbons (Fsp3) is 0.300. The number of carbonyl (C=O) groups is 1. The van der Waals surface area contributed by atoms with E-state index in [1.54, 1.807) is 0 Å². The molecule has 1 N–H and O–H groups in total. The maximum atomic E-state index is 12.0. The van der Waals surface area contributed by atoms with Gasteiger partial charge in [0.05, 0.1) is 0 Å². The maximum Gasteiger partial charge on any atom is 0.414 e. The number of carbonyl (C=O) groups excluding carboxylic acids is 1. The zero-order valence-electron chi connectivity index (χ0n) is 7.96. The molecule has 0 unspecified atom stereocenters. The van der Waals surface area contributed by atoms with Crippen molar-refractivity contribution in [2.24, 2.45) is 0 Å². The number of ketones is 1. The average Bonchev–Trinajstić information content (AvgIpc) is 2.17. The lowest BCUT2D eigenvalue weighted by Gasteiger charge is -2.13. The molecule has 16 heavy (non-hydrogen) atoms. The molecule has 0 saturated carbocycles. The van der Waals surface area contributed by atoms with Crippen LogP contribution >= 0.6 is 11.6 Å². The van der Waals surface area contributed by atoms with Crippen LogP contribution in [0, 0.1) is 0 Å². The highest BCUT2D eigenvalue weighted by atomic mass is 35.5. The van der Waals surface area contributed by atoms with Gasteiger partial charge >= 0.3 is 6.18 Å². The molecule has 0 aromatic heterocycles. The standard InChI is InChI=1S/C10H8ClF3O2/c11-7-3-1-6(2-4-7)8(15)5-9(16)10(12,13)14/h1-4,9,16H,5H2/t9-/m1/s1. The summed E-state index contributed by atoms with van der Waals surface area (Å²) in [5, 5.41) is 9.08. The second kappa shape index (κ2) is 4.84. The Bertz CT molecular complexity index is 373. The molecule has 0 heterocycles. The molecule has 0 amide bonds. The molecule has 1 aromatic carbocycles. The second-order valence-electron chi connectivity index (χ2n) is 3.19. The molecule has 0 aliphatic heterocycles. The summed E-state index contributed by atoms with van der Waals surface area (Å²) >= 11 is 5.55. The summed E-state index contributed by atoms with van der Waals surface area (Å²) in [6.45, 7) is 0. The normalized spacial score (nSPS) is 13.6. The molecule has 88 valence electrons. The lowest BCUT2D eigenvalue weighted by Crippen LogP contribution is -2.30. The molecular formula is C10H8ClF3O2. The van der Waals surface area contributed by atoms with Crippen LogP contribution in [0.1, 0.15) is 16.8 Å². The van der Waals surface area contributed by atoms with E-state index < -0.39 is 24.5 Å². The number of benzene rings is 1. The highest BCUT2D eigenvalue weighted by molar-refractivity contribution is 6.30. The molecule has 1 rings (SSSR count). The van der Waals surface area contributed by atoms with Gasteiger partial charge < -0.3 is 5.11 Å². The Morgan fingerprint density at radius 3 is 2.25 bits per heavy atom. The van der Waals surface area contributed by atoms with E-state index in [1.807, 2.05) is 0 Å². The summed E-state index contributed by atoms with van der Waals surface area (Å²) in [4.78, 5) is 11.3. The quantitative estimate of drug-likeness (QED) is 0.840. The van der Waals surface area contributed by atoms with Gasteiger partial charge in [-0.15, -0.1) is 0 Å². The predicted molar refractivity (Wildman–Crippen MR) is 52.5 cm³/mol. The minimum atomic E-state index is -4.78. The van der Waals surface area contributed by atoms with Crippen molar-refractivity contribution in [3.63, 3.8) is 0 Å². The van der Waals surface area contributed by atoms with E-state index in [2.05, 4.69) is 0 Å². The maximum absolute atomic E-state index is 12.0. The van der Waals surface area contributed by atoms with Gasteiger partial charge in [-0.1, -0.05) is 11.6 Å². The highest BCUT2D eigenvalue weighted by Gasteiger charge is 2.39. The monoisotopic (exact) mass is 252 g/mol. The highest BCUT2D eigenvalue weighted by Crippen LogP contribution is 2.23. The van der Waals surface area contributed by atoms with Crippen LogP contribution in [0.5, 0.6) is 0 Å². The Morgan fingerprint density at radius 2 is 1.81 bits per heavy atom. The van der Waals surface area contributed by atoms with Gasteiger partial charge in [-0.2, -0.15) is 13.2 Å². The molecule has 1 aromatic rings. The first-order valence-corrected chi connectivity index (χ1v) is 4.72. The molecule has 0 bridgehead atoms. The van der Waals surface area contributed by atoms with Crippen LogP contribution in [-0.4, -0.2) is 23.2 Å². The molecule has 2 nitrogen and oxygen atoms in total. The first kappa shape index (κ1) is 13.0. The fourth-order valence-electron chi connectivity index (χ4n) is 1.04. The van der Waals surface area contributed by atoms with E-state index in [4.69, 9.17) is 16.7 Å². The predicted octanol–water partition coefficient (Wildman–Crippen LogP) is 2.84. The van der Waals surface area contributed by atoms with Crippen LogP contribution in [-0.2, 0) is 0 Å². The van der Waals surface area contributed by atoms with Gasteiger partial charge in [-0.3, -0.25) is 4.79 Å². The molecule has 0 spiro atoms. The molecule has 0 radical (unpaired) electrons. The van der Waals surface area contributed by atoms with Gasteiger partial charge in [0.2, 0.25) is 0 Å². The Labute approximate surface area is 94.6 Å². The van der Waals surface area contributed by atoms with E-state index in [0.717, 1.165) is 0 Å². The summed E-state index contributed by atoms with van der Waals surface area (Å²) < 4.78 is 35.9. The van der Waals surface area contributed by atoms with Gasteiger partial charge in [0.15, 0.2) is 11.9 Å². The Morgan fingerprint density at radius 1 is 1.31 bits per heavy atom. The van der Waals surface area contributed by atoms with Crippen molar-refractivity contribution in [3.8, 4) is 0 Å². The van der Waals surface area contributed by atoms with Crippen LogP contribution in [0.3, 0.4) is 0 Å². The van der Waals surface area contributed by atoms with Crippen molar-refractivity contribution in [2.45, 2.75) is 18.7 Å². The van der Waals surface area contributed by atoms with E-state index in [-0.39, 0.29) is 5.56 Å². The largest absolute Gasteiger partial charge is 0.414 e. The molecule has 0 fully saturated rings. The zero-order valence-corrected chi connectivity index (χ0v) is 8.72. The minimum Gasteiger partial charge on any atom is -0.383 e. The summed E-state index contributed by atoms with van der Waals surface area (Å²) in [5.74, 6) is -0.776. The number of aliphatic hydroxyl groups is 1. The third kappa shape index (κ3) is 3.50. The summed E-state index contributed by atoms with van der Waals surface area (Å²) in [5.41, 5.74) is 0.0905. The van der Waals surface area contributed by atoms with E-state index >= 15 is 0 Å². The van der Waals surface area contributed by atoms with E-state index in [9.17, 15) is 18.0 Å². The number of alkyl halides is 3. The number of rotatable bonds is 3. The SMILES string of the molecule is O=C(C[C@@H](O)C(F)(F)F)c1ccc(Cl)cc1. The number of hydrogen-bond donors (Lipinski definition) is 1. The third-order valence-electron chi connectivity index (χ3n) is 1.92. The van der Waals surface area contributed by atoms with Crippen LogP contribution in [0.15, 0.2) is 24.3 Å². The molecule has 0 aliphatic carbocycles. The van der Waals surface area contributed by atoms with Crippen molar-refractivity contribution in [3.05, 3.63) is 34.9 Å². The van der Waals surface area contributed by atoms with Crippen LogP contribution in [0.25, 0.3) is 0 Å². The van der Waals surface area contributed by atoms with Gasteiger partial charge in [0.25, 0.3) is 0 Å². The molecule has 0 saturated heterocycles. The minimum absolute atomic E-state index is 0.0905. The van der Waals surface area contributed by atoms with Crippen LogP contribution in [0.4, 0.5) is 13.2 Å². The summed E-state index contributed by atoms with van der Waals surface area (Å²) in [6, 6.07) is 5.42. The topological polar surface area (TPSA) is 37.3 Å². The van der Waals surface area contributed by atoms with E-state index in [1.165, 1.54) is 24.3 Å². The summed E-state index contributed by atoms with van der Waals surface area (Å²) in [7, 11) is 0. The molecular weight excluding hydrogens is 245 g/mol. The lowest BCUT2D eigenvalue weighted by molar-refractivity contribution is -0.202. The Balaban J connectivity index is 2.70. The molecule has 1 atom stereocenters. The van der Waals surface area contributed by atoms with Crippen molar-refractivity contribution < 1.29 is 23.1 Å². The van der Waals surface area contributed by atoms with Crippen molar-refractivity contribution in [2.75, 3.05) is 0 Å². The fourth-order valence-corrected chi connectivity index (χ4v) is 1.17. The smallest absolute Gasteiger partial charge is 0.383 e. The van der Waals surface area contributed by atoms with Gasteiger partial charge in [-0.25, -0.2) is 0 Å². The van der Waals surface area contributed by atoms with Crippen molar-refractivity contribution in [1.82, 2.24) is 0 Å². The average molecular weight is 253 g/mol. The number of halogens is 4. The lowest BCUT2D eigenvalue weighted by atomic mass is 10.1. The first-order valence-electron chi connectivity index (χ1n) is 4.34. The first-order chi connectivity index (χ1) is 7.30. The summed E-state index contributed by atoms with van der Waals surface area (Å²) in [6.07, 6.45) is -8.39. The van der Waals surface area contributed by atoms with E-state index in [0.29, 0.717) is 5.02 Å². The van der Waals surface area contributed by atoms with Crippen molar-refractivity contribution >= 4 is 17.4 Å². The van der Waals surface area contributed by atoms with Crippen LogP contribution in [0.2, 0.25) is 5.02 Å². The van der Waals surface area contributed by atoms with Gasteiger partial charge in [-0.05, 0) is 24.3 Å². The molecule has 6 heteroatoms. The zero-order chi connectivity index (χ0) is 12.3. The second-order valence-corrected chi connectivity index (χ2v) is 3.63. The van der Waals surface area contributed by atoms with Gasteiger partial charge in [0.1, 0.15) is 0 Å². The third-order valence-corrected chi connectivity index (χ3v) is 2.17. The molecule has 0 aliphatic rings. The van der Waals surface area contributed by atoms with Crippen LogP contribution < -0.4 is 0 Å². The number of Topliss-reactive ketones (excluding diaryl/α,β-unsaturated/α-hetero) is 1. The van der Waals surface area contributed by atoms with Crippen molar-refractivity contribution in [1.29, 1.82) is 0 Å². The Kier molecular flexibility index (Phi) is 3.93. The number of aliphatic hydroxyl groups excluding tert-OH is 1. The Hall–Kier alpha value is -1.07. The van der Waals surface area contributed by atoms with Gasteiger partial charge in [0, 0.05) is 17.0 Å². The number of hydrogen-bond acceptors (Lipinski definition) is 2.